The van der Waals surface area contributed by atoms with E-state index in [0.29, 0.717) is 12.1 Å². The summed E-state index contributed by atoms with van der Waals surface area (Å²) in [6, 6.07) is 19.0. The summed E-state index contributed by atoms with van der Waals surface area (Å²) in [5.74, 6) is 0.548. The van der Waals surface area contributed by atoms with Crippen LogP contribution in [-0.4, -0.2) is 26.2 Å². The molecule has 0 bridgehead atoms. The van der Waals surface area contributed by atoms with Crippen LogP contribution in [0.2, 0.25) is 0 Å². The third-order valence-electron chi connectivity index (χ3n) is 6.41. The Morgan fingerprint density at radius 2 is 1.78 bits per heavy atom. The van der Waals surface area contributed by atoms with Gasteiger partial charge >= 0.3 is 5.97 Å². The molecule has 5 rings (SSSR count). The largest absolute Gasteiger partial charge is 0.489 e. The molecule has 37 heavy (non-hydrogen) atoms. The van der Waals surface area contributed by atoms with Crippen molar-refractivity contribution in [1.29, 1.82) is 0 Å². The number of ether oxygens (including phenoxy) is 1. The predicted molar refractivity (Wildman–Crippen MR) is 142 cm³/mol. The minimum absolute atomic E-state index is 0.0358. The Balaban J connectivity index is 1.37. The summed E-state index contributed by atoms with van der Waals surface area (Å²) in [5, 5.41) is 14.4. The molecule has 186 valence electrons. The van der Waals surface area contributed by atoms with Crippen molar-refractivity contribution in [2.75, 3.05) is 0 Å². The van der Waals surface area contributed by atoms with Crippen molar-refractivity contribution in [1.82, 2.24) is 15.1 Å². The van der Waals surface area contributed by atoms with Crippen molar-refractivity contribution in [2.45, 2.75) is 40.2 Å². The molecular weight excluding hydrogens is 466 g/mol. The highest BCUT2D eigenvalue weighted by molar-refractivity contribution is 5.91. The topological polar surface area (TPSA) is 98.3 Å². The van der Waals surface area contributed by atoms with E-state index in [1.165, 1.54) is 6.07 Å². The second kappa shape index (κ2) is 10.2. The number of hydrogen-bond donors (Lipinski definition) is 1. The second-order valence-electron chi connectivity index (χ2n) is 8.99. The van der Waals surface area contributed by atoms with Crippen LogP contribution in [0.3, 0.4) is 0 Å². The van der Waals surface area contributed by atoms with Crippen LogP contribution in [0.1, 0.15) is 46.4 Å². The average molecular weight is 494 g/mol. The third kappa shape index (κ3) is 4.93. The summed E-state index contributed by atoms with van der Waals surface area (Å²) in [5.41, 5.74) is 7.46. The monoisotopic (exact) mass is 493 g/mol. The van der Waals surface area contributed by atoms with E-state index in [4.69, 9.17) is 14.4 Å². The minimum Gasteiger partial charge on any atom is -0.489 e. The number of nitrogens with zero attached hydrogens (tertiary/aromatic N) is 3. The molecule has 3 aromatic heterocycles. The molecule has 0 atom stereocenters. The second-order valence-corrected chi connectivity index (χ2v) is 8.99. The lowest BCUT2D eigenvalue weighted by Crippen LogP contribution is -2.02. The van der Waals surface area contributed by atoms with Gasteiger partial charge < -0.3 is 14.4 Å². The molecule has 0 spiro atoms. The zero-order chi connectivity index (χ0) is 25.9. The SMILES string of the molecule is CCCc1onc(-c2c(C)ccnc2C)c1COc1ccc(-c2ccc3nc(C(=O)O)ccc3c2)cc1. The molecule has 0 unspecified atom stereocenters. The molecule has 2 aromatic carbocycles. The van der Waals surface area contributed by atoms with Gasteiger partial charge in [-0.15, -0.1) is 0 Å². The highest BCUT2D eigenvalue weighted by Crippen LogP contribution is 2.32. The molecule has 0 fully saturated rings. The lowest BCUT2D eigenvalue weighted by molar-refractivity contribution is 0.0691. The summed E-state index contributed by atoms with van der Waals surface area (Å²) in [6.07, 6.45) is 3.53. The minimum atomic E-state index is -1.03. The van der Waals surface area contributed by atoms with Crippen LogP contribution in [0.25, 0.3) is 33.3 Å². The zero-order valence-electron chi connectivity index (χ0n) is 21.0. The molecule has 0 saturated heterocycles. The van der Waals surface area contributed by atoms with Crippen LogP contribution in [0, 0.1) is 13.8 Å². The molecule has 1 N–H and O–H groups in total. The Hall–Kier alpha value is -4.52. The fraction of sp³-hybridized carbons (Fsp3) is 0.200. The number of carboxylic acid groups (broad SMARTS) is 1. The highest BCUT2D eigenvalue weighted by atomic mass is 16.5. The van der Waals surface area contributed by atoms with E-state index in [9.17, 15) is 4.79 Å². The van der Waals surface area contributed by atoms with Crippen molar-refractivity contribution in [3.63, 3.8) is 0 Å². The quantitative estimate of drug-likeness (QED) is 0.254. The number of aromatic nitrogens is 3. The first-order valence-electron chi connectivity index (χ1n) is 12.2. The van der Waals surface area contributed by atoms with E-state index in [0.717, 1.165) is 68.9 Å². The van der Waals surface area contributed by atoms with Gasteiger partial charge in [0, 0.05) is 29.3 Å². The maximum absolute atomic E-state index is 11.2. The van der Waals surface area contributed by atoms with E-state index >= 15 is 0 Å². The van der Waals surface area contributed by atoms with E-state index in [2.05, 4.69) is 29.0 Å². The Kier molecular flexibility index (Phi) is 6.68. The highest BCUT2D eigenvalue weighted by Gasteiger charge is 2.21. The third-order valence-corrected chi connectivity index (χ3v) is 6.41. The summed E-state index contributed by atoms with van der Waals surface area (Å²) < 4.78 is 11.9. The first-order chi connectivity index (χ1) is 17.9. The van der Waals surface area contributed by atoms with Crippen LogP contribution in [0.4, 0.5) is 0 Å². The molecule has 0 amide bonds. The normalized spacial score (nSPS) is 11.1. The summed E-state index contributed by atoms with van der Waals surface area (Å²) in [4.78, 5) is 19.8. The van der Waals surface area contributed by atoms with E-state index in [1.807, 2.05) is 55.5 Å². The number of fused-ring (bicyclic) bond motifs is 1. The van der Waals surface area contributed by atoms with Crippen LogP contribution in [0.5, 0.6) is 5.75 Å². The van der Waals surface area contributed by atoms with Crippen molar-refractivity contribution < 1.29 is 19.2 Å². The van der Waals surface area contributed by atoms with Crippen LogP contribution in [-0.2, 0) is 13.0 Å². The zero-order valence-corrected chi connectivity index (χ0v) is 21.0. The van der Waals surface area contributed by atoms with E-state index in [-0.39, 0.29) is 5.69 Å². The number of carbonyl (C=O) groups is 1. The number of carboxylic acids is 1. The van der Waals surface area contributed by atoms with Gasteiger partial charge in [0.15, 0.2) is 0 Å². The van der Waals surface area contributed by atoms with Crippen LogP contribution < -0.4 is 4.74 Å². The van der Waals surface area contributed by atoms with Gasteiger partial charge in [-0.05, 0) is 73.4 Å². The van der Waals surface area contributed by atoms with Crippen molar-refractivity contribution in [3.8, 4) is 28.1 Å². The van der Waals surface area contributed by atoms with Crippen molar-refractivity contribution >= 4 is 16.9 Å². The molecule has 5 aromatic rings. The van der Waals surface area contributed by atoms with Crippen LogP contribution >= 0.6 is 0 Å². The Bertz CT molecular complexity index is 1570. The van der Waals surface area contributed by atoms with E-state index in [1.54, 1.807) is 12.3 Å². The Labute approximate surface area is 214 Å². The fourth-order valence-electron chi connectivity index (χ4n) is 4.49. The van der Waals surface area contributed by atoms with Crippen molar-refractivity contribution in [2.24, 2.45) is 0 Å². The molecule has 7 nitrogen and oxygen atoms in total. The van der Waals surface area contributed by atoms with Gasteiger partial charge in [0.1, 0.15) is 29.5 Å². The molecular formula is C30H27N3O4. The standard InChI is InChI=1S/C30H27N3O4/c1-4-5-27-24(29(33-37-27)28-18(2)14-15-31-19(28)3)17-36-23-10-6-20(7-11-23)21-8-12-25-22(16-21)9-13-26(32-25)30(34)35/h6-16H,4-5,17H2,1-3H3,(H,34,35). The number of hydrogen-bond acceptors (Lipinski definition) is 6. The molecule has 0 saturated carbocycles. The molecule has 3 heterocycles. The van der Waals surface area contributed by atoms with Gasteiger partial charge in [0.2, 0.25) is 0 Å². The molecule has 0 aliphatic rings. The van der Waals surface area contributed by atoms with Gasteiger partial charge in [-0.3, -0.25) is 4.98 Å². The maximum atomic E-state index is 11.2. The molecule has 0 aliphatic heterocycles. The van der Waals surface area contributed by atoms with Gasteiger partial charge in [-0.1, -0.05) is 36.3 Å². The Morgan fingerprint density at radius 1 is 1.00 bits per heavy atom. The first kappa shape index (κ1) is 24.2. The number of aryl methyl sites for hydroxylation is 3. The molecule has 0 aliphatic carbocycles. The lowest BCUT2D eigenvalue weighted by Gasteiger charge is -2.11. The summed E-state index contributed by atoms with van der Waals surface area (Å²) >= 11 is 0. The van der Waals surface area contributed by atoms with Gasteiger partial charge in [0.05, 0.1) is 11.1 Å². The maximum Gasteiger partial charge on any atom is 0.354 e. The van der Waals surface area contributed by atoms with Crippen LogP contribution in [0.15, 0.2) is 71.4 Å². The smallest absolute Gasteiger partial charge is 0.354 e. The number of pyridine rings is 2. The average Bonchev–Trinajstić information content (AvgIpc) is 3.29. The van der Waals surface area contributed by atoms with E-state index < -0.39 is 5.97 Å². The molecule has 0 radical (unpaired) electrons. The number of benzene rings is 2. The first-order valence-corrected chi connectivity index (χ1v) is 12.2. The summed E-state index contributed by atoms with van der Waals surface area (Å²) in [6.45, 7) is 6.48. The van der Waals surface area contributed by atoms with Crippen molar-refractivity contribution in [3.05, 3.63) is 95.1 Å². The lowest BCUT2D eigenvalue weighted by atomic mass is 10.00. The van der Waals surface area contributed by atoms with Gasteiger partial charge in [-0.2, -0.15) is 0 Å². The summed E-state index contributed by atoms with van der Waals surface area (Å²) in [7, 11) is 0. The number of aromatic carboxylic acids is 1. The van der Waals surface area contributed by atoms with Gasteiger partial charge in [-0.25, -0.2) is 9.78 Å². The number of rotatable bonds is 8. The predicted octanol–water partition coefficient (Wildman–Crippen LogP) is 6.80. The Morgan fingerprint density at radius 3 is 2.51 bits per heavy atom. The van der Waals surface area contributed by atoms with Gasteiger partial charge in [0.25, 0.3) is 0 Å². The fourth-order valence-corrected chi connectivity index (χ4v) is 4.49. The molecule has 7 heteroatoms.